The second-order valence-electron chi connectivity index (χ2n) is 4.39. The highest BCUT2D eigenvalue weighted by molar-refractivity contribution is 7.10. The molecule has 0 amide bonds. The van der Waals surface area contributed by atoms with Crippen molar-refractivity contribution in [3.8, 4) is 0 Å². The van der Waals surface area contributed by atoms with E-state index in [0.29, 0.717) is 6.04 Å². The van der Waals surface area contributed by atoms with Gasteiger partial charge in [0.15, 0.2) is 0 Å². The average Bonchev–Trinajstić information content (AvgIpc) is 2.88. The van der Waals surface area contributed by atoms with E-state index in [1.54, 1.807) is 11.3 Å². The van der Waals surface area contributed by atoms with Crippen molar-refractivity contribution in [1.29, 1.82) is 0 Å². The number of rotatable bonds is 4. The number of nitrogens with zero attached hydrogens (tertiary/aromatic N) is 2. The van der Waals surface area contributed by atoms with Gasteiger partial charge in [0.2, 0.25) is 0 Å². The summed E-state index contributed by atoms with van der Waals surface area (Å²) in [5.41, 5.74) is 3.68. The first-order chi connectivity index (χ1) is 8.09. The van der Waals surface area contributed by atoms with Crippen LogP contribution in [0.1, 0.15) is 34.8 Å². The quantitative estimate of drug-likeness (QED) is 0.903. The third-order valence-electron chi connectivity index (χ3n) is 3.21. The number of aromatic nitrogens is 2. The lowest BCUT2D eigenvalue weighted by Crippen LogP contribution is -2.18. The topological polar surface area (TPSA) is 29.9 Å². The van der Waals surface area contributed by atoms with Crippen molar-refractivity contribution in [3.63, 3.8) is 0 Å². The first-order valence-electron chi connectivity index (χ1n) is 5.85. The van der Waals surface area contributed by atoms with Crippen LogP contribution in [0, 0.1) is 13.8 Å². The fraction of sp³-hybridized carbons (Fsp3) is 0.462. The molecular weight excluding hydrogens is 230 g/mol. The van der Waals surface area contributed by atoms with Gasteiger partial charge in [0, 0.05) is 35.8 Å². The Bertz CT molecular complexity index is 485. The predicted molar refractivity (Wildman–Crippen MR) is 72.3 cm³/mol. The van der Waals surface area contributed by atoms with Gasteiger partial charge >= 0.3 is 0 Å². The van der Waals surface area contributed by atoms with Gasteiger partial charge in [-0.15, -0.1) is 11.3 Å². The van der Waals surface area contributed by atoms with Crippen molar-refractivity contribution in [2.75, 3.05) is 0 Å². The first-order valence-corrected chi connectivity index (χ1v) is 6.73. The lowest BCUT2D eigenvalue weighted by Gasteiger charge is -2.12. The van der Waals surface area contributed by atoms with Gasteiger partial charge in [0.05, 0.1) is 5.69 Å². The summed E-state index contributed by atoms with van der Waals surface area (Å²) in [5, 5.41) is 10.1. The van der Waals surface area contributed by atoms with Crippen LogP contribution < -0.4 is 5.32 Å². The molecule has 2 aromatic rings. The van der Waals surface area contributed by atoms with Crippen LogP contribution in [-0.4, -0.2) is 9.78 Å². The summed E-state index contributed by atoms with van der Waals surface area (Å²) in [6, 6.07) is 4.67. The highest BCUT2D eigenvalue weighted by atomic mass is 32.1. The van der Waals surface area contributed by atoms with Crippen LogP contribution in [0.15, 0.2) is 17.5 Å². The molecular formula is C13H19N3S. The standard InChI is InChI=1S/C13H19N3S/c1-9-12(11(3)16(4)15-9)8-14-10(2)13-6-5-7-17-13/h5-7,10,14H,8H2,1-4H3/t10-/m0/s1. The maximum absolute atomic E-state index is 4.43. The molecule has 2 heterocycles. The van der Waals surface area contributed by atoms with Crippen molar-refractivity contribution < 1.29 is 0 Å². The van der Waals surface area contributed by atoms with E-state index in [2.05, 4.69) is 48.7 Å². The molecule has 0 bridgehead atoms. The first kappa shape index (κ1) is 12.3. The van der Waals surface area contributed by atoms with E-state index in [0.717, 1.165) is 12.2 Å². The second kappa shape index (κ2) is 5.02. The summed E-state index contributed by atoms with van der Waals surface area (Å²) in [7, 11) is 1.99. The fourth-order valence-electron chi connectivity index (χ4n) is 1.97. The SMILES string of the molecule is Cc1nn(C)c(C)c1CN[C@@H](C)c1cccs1. The zero-order chi connectivity index (χ0) is 12.4. The molecule has 2 aromatic heterocycles. The van der Waals surface area contributed by atoms with E-state index >= 15 is 0 Å². The number of hydrogen-bond donors (Lipinski definition) is 1. The van der Waals surface area contributed by atoms with Crippen LogP contribution in [-0.2, 0) is 13.6 Å². The molecule has 0 aliphatic heterocycles. The Morgan fingerprint density at radius 3 is 2.76 bits per heavy atom. The number of nitrogens with one attached hydrogen (secondary N) is 1. The summed E-state index contributed by atoms with van der Waals surface area (Å²) in [6.07, 6.45) is 0. The van der Waals surface area contributed by atoms with Gasteiger partial charge in [-0.3, -0.25) is 4.68 Å². The molecule has 4 heteroatoms. The molecule has 0 saturated carbocycles. The summed E-state index contributed by atoms with van der Waals surface area (Å²) >= 11 is 1.80. The summed E-state index contributed by atoms with van der Waals surface area (Å²) < 4.78 is 1.95. The molecule has 17 heavy (non-hydrogen) atoms. The highest BCUT2D eigenvalue weighted by Gasteiger charge is 2.11. The van der Waals surface area contributed by atoms with Crippen LogP contribution in [0.4, 0.5) is 0 Å². The lowest BCUT2D eigenvalue weighted by molar-refractivity contribution is 0.579. The Morgan fingerprint density at radius 1 is 1.47 bits per heavy atom. The number of aryl methyl sites for hydroxylation is 2. The van der Waals surface area contributed by atoms with Crippen LogP contribution in [0.25, 0.3) is 0 Å². The fourth-order valence-corrected chi connectivity index (χ4v) is 2.73. The lowest BCUT2D eigenvalue weighted by atomic mass is 10.2. The Hall–Kier alpha value is -1.13. The molecule has 0 saturated heterocycles. The number of thiophene rings is 1. The van der Waals surface area contributed by atoms with Crippen molar-refractivity contribution >= 4 is 11.3 Å². The minimum Gasteiger partial charge on any atom is -0.305 e. The highest BCUT2D eigenvalue weighted by Crippen LogP contribution is 2.19. The minimum absolute atomic E-state index is 0.397. The van der Waals surface area contributed by atoms with E-state index in [1.165, 1.54) is 16.1 Å². The third kappa shape index (κ3) is 2.58. The van der Waals surface area contributed by atoms with Gasteiger partial charge in [-0.1, -0.05) is 6.07 Å². The third-order valence-corrected chi connectivity index (χ3v) is 4.27. The smallest absolute Gasteiger partial charge is 0.0641 e. The molecule has 0 unspecified atom stereocenters. The van der Waals surface area contributed by atoms with Gasteiger partial charge in [-0.2, -0.15) is 5.10 Å². The maximum Gasteiger partial charge on any atom is 0.0641 e. The molecule has 2 rings (SSSR count). The van der Waals surface area contributed by atoms with Crippen LogP contribution in [0.5, 0.6) is 0 Å². The Balaban J connectivity index is 2.03. The minimum atomic E-state index is 0.397. The molecule has 0 aliphatic rings. The summed E-state index contributed by atoms with van der Waals surface area (Å²) in [6.45, 7) is 7.27. The van der Waals surface area contributed by atoms with E-state index in [-0.39, 0.29) is 0 Å². The Kier molecular flexibility index (Phi) is 3.64. The van der Waals surface area contributed by atoms with Crippen molar-refractivity contribution in [2.45, 2.75) is 33.4 Å². The van der Waals surface area contributed by atoms with E-state index in [4.69, 9.17) is 0 Å². The molecule has 3 nitrogen and oxygen atoms in total. The molecule has 0 aliphatic carbocycles. The van der Waals surface area contributed by atoms with Crippen LogP contribution >= 0.6 is 11.3 Å². The molecule has 92 valence electrons. The van der Waals surface area contributed by atoms with Gasteiger partial charge in [0.25, 0.3) is 0 Å². The van der Waals surface area contributed by atoms with Crippen molar-refractivity contribution in [3.05, 3.63) is 39.3 Å². The molecule has 0 aromatic carbocycles. The number of hydrogen-bond acceptors (Lipinski definition) is 3. The van der Waals surface area contributed by atoms with E-state index in [1.807, 2.05) is 11.7 Å². The van der Waals surface area contributed by atoms with Gasteiger partial charge in [-0.25, -0.2) is 0 Å². The van der Waals surface area contributed by atoms with Gasteiger partial charge in [0.1, 0.15) is 0 Å². The van der Waals surface area contributed by atoms with Crippen LogP contribution in [0.2, 0.25) is 0 Å². The molecule has 1 N–H and O–H groups in total. The Morgan fingerprint density at radius 2 is 2.24 bits per heavy atom. The summed E-state index contributed by atoms with van der Waals surface area (Å²) in [5.74, 6) is 0. The monoisotopic (exact) mass is 249 g/mol. The van der Waals surface area contributed by atoms with Gasteiger partial charge < -0.3 is 5.32 Å². The largest absolute Gasteiger partial charge is 0.305 e. The molecule has 0 spiro atoms. The molecule has 0 radical (unpaired) electrons. The zero-order valence-corrected chi connectivity index (χ0v) is 11.6. The molecule has 1 atom stereocenters. The van der Waals surface area contributed by atoms with Crippen molar-refractivity contribution in [1.82, 2.24) is 15.1 Å². The van der Waals surface area contributed by atoms with E-state index in [9.17, 15) is 0 Å². The average molecular weight is 249 g/mol. The molecule has 0 fully saturated rings. The van der Waals surface area contributed by atoms with Gasteiger partial charge in [-0.05, 0) is 32.2 Å². The van der Waals surface area contributed by atoms with Crippen molar-refractivity contribution in [2.24, 2.45) is 7.05 Å². The van der Waals surface area contributed by atoms with E-state index < -0.39 is 0 Å². The normalized spacial score (nSPS) is 12.9. The zero-order valence-electron chi connectivity index (χ0n) is 10.8. The predicted octanol–water partition coefficient (Wildman–Crippen LogP) is 2.95. The van der Waals surface area contributed by atoms with Crippen LogP contribution in [0.3, 0.4) is 0 Å². The summed E-state index contributed by atoms with van der Waals surface area (Å²) in [4.78, 5) is 1.38. The second-order valence-corrected chi connectivity index (χ2v) is 5.37. The Labute approximate surface area is 106 Å². The maximum atomic E-state index is 4.43.